The van der Waals surface area contributed by atoms with Crippen molar-refractivity contribution in [2.24, 2.45) is 4.99 Å². The van der Waals surface area contributed by atoms with Gasteiger partial charge in [-0.2, -0.15) is 0 Å². The molecule has 0 saturated carbocycles. The number of methoxy groups -OCH3 is 3. The van der Waals surface area contributed by atoms with E-state index in [0.29, 0.717) is 47.6 Å². The van der Waals surface area contributed by atoms with Crippen molar-refractivity contribution >= 4 is 39.8 Å². The third kappa shape index (κ3) is 7.44. The minimum Gasteiger partial charge on any atom is -0.496 e. The van der Waals surface area contributed by atoms with E-state index in [-0.39, 0.29) is 24.0 Å². The van der Waals surface area contributed by atoms with E-state index in [4.69, 9.17) is 14.2 Å². The minimum absolute atomic E-state index is 0. The lowest BCUT2D eigenvalue weighted by Crippen LogP contribution is -2.37. The Balaban J connectivity index is 0.00000512. The third-order valence-electron chi connectivity index (χ3n) is 4.81. The number of aryl methyl sites for hydroxylation is 1. The Hall–Kier alpha value is -2.21. The van der Waals surface area contributed by atoms with Gasteiger partial charge in [0.25, 0.3) is 0 Å². The molecule has 0 atom stereocenters. The molecular formula is C22H32IN3O5S. The molecule has 0 fully saturated rings. The van der Waals surface area contributed by atoms with Gasteiger partial charge in [-0.05, 0) is 30.5 Å². The standard InChI is InChI=1S/C22H31N3O5S.HI/c1-15-11-16(7-8-21(15)31(6,26)27)14-25-22(23-2)24-10-9-18-19(29-4)12-17(28-3)13-20(18)30-5;/h7-8,11-13H,9-10,14H2,1-6H3,(H2,23,24,25);1H. The zero-order chi connectivity index (χ0) is 23.0. The lowest BCUT2D eigenvalue weighted by Gasteiger charge is -2.16. The highest BCUT2D eigenvalue weighted by Crippen LogP contribution is 2.34. The highest BCUT2D eigenvalue weighted by molar-refractivity contribution is 14.0. The number of hydrogen-bond donors (Lipinski definition) is 2. The molecule has 0 aromatic heterocycles. The average molecular weight is 577 g/mol. The van der Waals surface area contributed by atoms with Gasteiger partial charge in [0, 0.05) is 44.1 Å². The number of halogens is 1. The van der Waals surface area contributed by atoms with Gasteiger partial charge in [0.05, 0.1) is 26.2 Å². The Bertz CT molecular complexity index is 1020. The van der Waals surface area contributed by atoms with Gasteiger partial charge in [0.2, 0.25) is 0 Å². The zero-order valence-electron chi connectivity index (χ0n) is 19.3. The summed E-state index contributed by atoms with van der Waals surface area (Å²) in [5.74, 6) is 2.70. The smallest absolute Gasteiger partial charge is 0.191 e. The zero-order valence-corrected chi connectivity index (χ0v) is 22.5. The SMILES string of the molecule is CN=C(NCCc1c(OC)cc(OC)cc1OC)NCc1ccc(S(C)(=O)=O)c(C)c1.I. The van der Waals surface area contributed by atoms with E-state index < -0.39 is 9.84 Å². The number of ether oxygens (including phenoxy) is 3. The van der Waals surface area contributed by atoms with E-state index in [9.17, 15) is 8.42 Å². The van der Waals surface area contributed by atoms with Crippen LogP contribution in [0.2, 0.25) is 0 Å². The Kier molecular flexibility index (Phi) is 11.1. The molecule has 0 bridgehead atoms. The van der Waals surface area contributed by atoms with Crippen LogP contribution in [0.15, 0.2) is 40.2 Å². The van der Waals surface area contributed by atoms with Crippen LogP contribution in [0.3, 0.4) is 0 Å². The van der Waals surface area contributed by atoms with Gasteiger partial charge in [-0.15, -0.1) is 24.0 Å². The summed E-state index contributed by atoms with van der Waals surface area (Å²) in [6.45, 7) is 2.91. The van der Waals surface area contributed by atoms with Crippen LogP contribution in [0, 0.1) is 6.92 Å². The van der Waals surface area contributed by atoms with E-state index in [1.54, 1.807) is 47.4 Å². The topological polar surface area (TPSA) is 98.2 Å². The third-order valence-corrected chi connectivity index (χ3v) is 6.06. The fraction of sp³-hybridized carbons (Fsp3) is 0.409. The fourth-order valence-electron chi connectivity index (χ4n) is 3.27. The molecule has 0 aliphatic rings. The molecule has 0 amide bonds. The second-order valence-electron chi connectivity index (χ2n) is 6.99. The van der Waals surface area contributed by atoms with E-state index in [2.05, 4.69) is 15.6 Å². The van der Waals surface area contributed by atoms with Crippen LogP contribution >= 0.6 is 24.0 Å². The summed E-state index contributed by atoms with van der Waals surface area (Å²) >= 11 is 0. The molecule has 0 saturated heterocycles. The number of guanidine groups is 1. The molecule has 0 spiro atoms. The highest BCUT2D eigenvalue weighted by atomic mass is 127. The van der Waals surface area contributed by atoms with Crippen LogP contribution in [0.4, 0.5) is 0 Å². The van der Waals surface area contributed by atoms with Crippen molar-refractivity contribution in [1.29, 1.82) is 0 Å². The van der Waals surface area contributed by atoms with Crippen molar-refractivity contribution in [3.8, 4) is 17.2 Å². The van der Waals surface area contributed by atoms with Gasteiger partial charge in [0.15, 0.2) is 15.8 Å². The largest absolute Gasteiger partial charge is 0.496 e. The molecule has 2 N–H and O–H groups in total. The van der Waals surface area contributed by atoms with Gasteiger partial charge < -0.3 is 24.8 Å². The molecule has 178 valence electrons. The Labute approximate surface area is 207 Å². The number of rotatable bonds is 9. The predicted molar refractivity (Wildman–Crippen MR) is 138 cm³/mol. The van der Waals surface area contributed by atoms with Crippen molar-refractivity contribution in [2.45, 2.75) is 24.8 Å². The lowest BCUT2D eigenvalue weighted by molar-refractivity contribution is 0.368. The quantitative estimate of drug-likeness (QED) is 0.269. The summed E-state index contributed by atoms with van der Waals surface area (Å²) in [7, 11) is 3.30. The number of benzene rings is 2. The van der Waals surface area contributed by atoms with Crippen LogP contribution in [0.25, 0.3) is 0 Å². The molecule has 0 radical (unpaired) electrons. The summed E-state index contributed by atoms with van der Waals surface area (Å²) in [5.41, 5.74) is 2.62. The first-order valence-corrected chi connectivity index (χ1v) is 11.7. The summed E-state index contributed by atoms with van der Waals surface area (Å²) in [6.07, 6.45) is 1.87. The van der Waals surface area contributed by atoms with Crippen molar-refractivity contribution in [2.75, 3.05) is 41.2 Å². The number of nitrogens with one attached hydrogen (secondary N) is 2. The van der Waals surface area contributed by atoms with Crippen molar-refractivity contribution < 1.29 is 22.6 Å². The Morgan fingerprint density at radius 1 is 1.00 bits per heavy atom. The normalized spacial score (nSPS) is 11.4. The van der Waals surface area contributed by atoms with Crippen LogP contribution in [-0.2, 0) is 22.8 Å². The van der Waals surface area contributed by atoms with E-state index >= 15 is 0 Å². The molecule has 8 nitrogen and oxygen atoms in total. The molecule has 10 heteroatoms. The van der Waals surface area contributed by atoms with Gasteiger partial charge in [-0.25, -0.2) is 8.42 Å². The van der Waals surface area contributed by atoms with E-state index in [0.717, 1.165) is 16.7 Å². The first-order valence-electron chi connectivity index (χ1n) is 9.76. The first kappa shape index (κ1) is 27.8. The molecular weight excluding hydrogens is 545 g/mol. The van der Waals surface area contributed by atoms with Gasteiger partial charge in [-0.1, -0.05) is 12.1 Å². The summed E-state index contributed by atoms with van der Waals surface area (Å²) in [4.78, 5) is 4.59. The Morgan fingerprint density at radius 3 is 2.09 bits per heavy atom. The molecule has 2 aromatic carbocycles. The van der Waals surface area contributed by atoms with E-state index in [1.807, 2.05) is 18.2 Å². The summed E-state index contributed by atoms with van der Waals surface area (Å²) < 4.78 is 39.8. The molecule has 0 heterocycles. The lowest BCUT2D eigenvalue weighted by atomic mass is 10.1. The average Bonchev–Trinajstić information content (AvgIpc) is 2.74. The van der Waals surface area contributed by atoms with Crippen molar-refractivity contribution in [3.05, 3.63) is 47.0 Å². The van der Waals surface area contributed by atoms with Gasteiger partial charge >= 0.3 is 0 Å². The van der Waals surface area contributed by atoms with Crippen LogP contribution < -0.4 is 24.8 Å². The molecule has 0 aliphatic heterocycles. The fourth-order valence-corrected chi connectivity index (χ4v) is 4.23. The Morgan fingerprint density at radius 2 is 1.62 bits per heavy atom. The molecule has 0 unspecified atom stereocenters. The van der Waals surface area contributed by atoms with Crippen molar-refractivity contribution in [1.82, 2.24) is 10.6 Å². The number of aliphatic imine (C=N–C) groups is 1. The van der Waals surface area contributed by atoms with Crippen LogP contribution in [0.5, 0.6) is 17.2 Å². The summed E-state index contributed by atoms with van der Waals surface area (Å²) in [5, 5.41) is 6.51. The number of sulfone groups is 1. The van der Waals surface area contributed by atoms with E-state index in [1.165, 1.54) is 6.26 Å². The van der Waals surface area contributed by atoms with Crippen LogP contribution in [-0.4, -0.2) is 55.6 Å². The molecule has 2 rings (SSSR count). The molecule has 0 aliphatic carbocycles. The second kappa shape index (κ2) is 12.7. The second-order valence-corrected chi connectivity index (χ2v) is 8.97. The van der Waals surface area contributed by atoms with Crippen LogP contribution in [0.1, 0.15) is 16.7 Å². The minimum atomic E-state index is -3.23. The predicted octanol–water partition coefficient (Wildman–Crippen LogP) is 2.95. The van der Waals surface area contributed by atoms with Crippen molar-refractivity contribution in [3.63, 3.8) is 0 Å². The molecule has 32 heavy (non-hydrogen) atoms. The maximum absolute atomic E-state index is 11.8. The number of hydrogen-bond acceptors (Lipinski definition) is 6. The molecule has 2 aromatic rings. The van der Waals surface area contributed by atoms with Gasteiger partial charge in [0.1, 0.15) is 17.2 Å². The van der Waals surface area contributed by atoms with Gasteiger partial charge in [-0.3, -0.25) is 4.99 Å². The first-order chi connectivity index (χ1) is 14.7. The monoisotopic (exact) mass is 577 g/mol. The maximum atomic E-state index is 11.8. The highest BCUT2D eigenvalue weighted by Gasteiger charge is 2.14. The summed E-state index contributed by atoms with van der Waals surface area (Å²) in [6, 6.07) is 8.96. The maximum Gasteiger partial charge on any atom is 0.191 e. The number of nitrogens with zero attached hydrogens (tertiary/aromatic N) is 1.